The summed E-state index contributed by atoms with van der Waals surface area (Å²) in [6.45, 7) is 5.42. The summed E-state index contributed by atoms with van der Waals surface area (Å²) in [5, 5.41) is 5.09. The van der Waals surface area contributed by atoms with Crippen LogP contribution < -0.4 is 16.2 Å². The number of nitrogens with one attached hydrogen (secondary N) is 2. The highest BCUT2D eigenvalue weighted by Gasteiger charge is 2.21. The van der Waals surface area contributed by atoms with Crippen LogP contribution in [0.2, 0.25) is 0 Å². The molecule has 0 aliphatic carbocycles. The molecule has 2 N–H and O–H groups in total. The van der Waals surface area contributed by atoms with Gasteiger partial charge in [0.05, 0.1) is 22.4 Å². The summed E-state index contributed by atoms with van der Waals surface area (Å²) in [7, 11) is 1.77. The molecule has 0 saturated carbocycles. The van der Waals surface area contributed by atoms with Crippen LogP contribution in [0.25, 0.3) is 5.69 Å². The number of aromatic nitrogens is 2. The second-order valence-electron chi connectivity index (χ2n) is 7.24. The van der Waals surface area contributed by atoms with Crippen LogP contribution in [0.3, 0.4) is 0 Å². The largest absolute Gasteiger partial charge is 0.325 e. The Morgan fingerprint density at radius 3 is 2.32 bits per heavy atom. The minimum Gasteiger partial charge on any atom is -0.325 e. The molecule has 1 heterocycles. The van der Waals surface area contributed by atoms with E-state index in [0.29, 0.717) is 11.4 Å². The Balaban J connectivity index is 1.64. The summed E-state index contributed by atoms with van der Waals surface area (Å²) in [6, 6.07) is 16.8. The minimum absolute atomic E-state index is 0.130. The number of carbonyl (C=O) groups excluding carboxylic acids is 2. The number of aryl methyl sites for hydroxylation is 1. The molecule has 8 heteroatoms. The third kappa shape index (κ3) is 5.08. The van der Waals surface area contributed by atoms with Crippen molar-refractivity contribution in [3.05, 3.63) is 76.2 Å². The molecule has 0 bridgehead atoms. The molecule has 0 radical (unpaired) electrons. The van der Waals surface area contributed by atoms with E-state index in [0.717, 1.165) is 11.3 Å². The van der Waals surface area contributed by atoms with Crippen LogP contribution >= 0.6 is 11.8 Å². The van der Waals surface area contributed by atoms with Gasteiger partial charge in [0.15, 0.2) is 0 Å². The average Bonchev–Trinajstić information content (AvgIpc) is 2.97. The predicted molar refractivity (Wildman–Crippen MR) is 126 cm³/mol. The van der Waals surface area contributed by atoms with E-state index in [-0.39, 0.29) is 28.8 Å². The Morgan fingerprint density at radius 2 is 1.65 bits per heavy atom. The summed E-state index contributed by atoms with van der Waals surface area (Å²) >= 11 is 1.22. The van der Waals surface area contributed by atoms with Crippen LogP contribution in [-0.2, 0) is 16.6 Å². The number of para-hydroxylation sites is 2. The first-order valence-corrected chi connectivity index (χ1v) is 11.0. The molecule has 0 spiro atoms. The highest BCUT2D eigenvalue weighted by molar-refractivity contribution is 8.01. The third-order valence-electron chi connectivity index (χ3n) is 5.06. The summed E-state index contributed by atoms with van der Waals surface area (Å²) in [5.41, 5.74) is 3.04. The number of nitrogens with zero attached hydrogens (tertiary/aromatic N) is 2. The zero-order chi connectivity index (χ0) is 22.5. The van der Waals surface area contributed by atoms with Crippen molar-refractivity contribution in [2.24, 2.45) is 7.05 Å². The van der Waals surface area contributed by atoms with Crippen molar-refractivity contribution >= 4 is 35.0 Å². The van der Waals surface area contributed by atoms with Crippen LogP contribution in [0.4, 0.5) is 11.4 Å². The molecule has 0 aliphatic heterocycles. The first kappa shape index (κ1) is 22.4. The molecule has 0 saturated heterocycles. The maximum absolute atomic E-state index is 12.9. The smallest absolute Gasteiger partial charge is 0.295 e. The molecule has 1 unspecified atom stereocenters. The zero-order valence-corrected chi connectivity index (χ0v) is 18.8. The number of amides is 2. The van der Waals surface area contributed by atoms with Gasteiger partial charge < -0.3 is 10.6 Å². The average molecular weight is 439 g/mol. The van der Waals surface area contributed by atoms with Gasteiger partial charge in [-0.25, -0.2) is 4.68 Å². The molecule has 3 aromatic rings. The zero-order valence-electron chi connectivity index (χ0n) is 18.0. The highest BCUT2D eigenvalue weighted by Crippen LogP contribution is 2.18. The van der Waals surface area contributed by atoms with Gasteiger partial charge in [-0.3, -0.25) is 19.1 Å². The van der Waals surface area contributed by atoms with Crippen molar-refractivity contribution < 1.29 is 9.59 Å². The van der Waals surface area contributed by atoms with Gasteiger partial charge in [-0.05, 0) is 44.5 Å². The van der Waals surface area contributed by atoms with Crippen molar-refractivity contribution in [2.75, 3.05) is 16.4 Å². The van der Waals surface area contributed by atoms with Gasteiger partial charge in [-0.2, -0.15) is 0 Å². The Bertz CT molecular complexity index is 1150. The molecule has 31 heavy (non-hydrogen) atoms. The number of hydrogen-bond acceptors (Lipinski definition) is 4. The fraction of sp³-hybridized carbons (Fsp3) is 0.261. The van der Waals surface area contributed by atoms with E-state index in [1.54, 1.807) is 25.6 Å². The summed E-state index contributed by atoms with van der Waals surface area (Å²) in [4.78, 5) is 37.8. The Hall–Kier alpha value is -3.26. The quantitative estimate of drug-likeness (QED) is 0.591. The molecule has 162 valence electrons. The van der Waals surface area contributed by atoms with E-state index in [1.807, 2.05) is 61.5 Å². The van der Waals surface area contributed by atoms with Gasteiger partial charge in [-0.15, -0.1) is 11.8 Å². The summed E-state index contributed by atoms with van der Waals surface area (Å²) < 4.78 is 3.22. The predicted octanol–water partition coefficient (Wildman–Crippen LogP) is 3.49. The monoisotopic (exact) mass is 438 g/mol. The number of hydrogen-bond donors (Lipinski definition) is 2. The van der Waals surface area contributed by atoms with Crippen molar-refractivity contribution in [3.63, 3.8) is 0 Å². The summed E-state index contributed by atoms with van der Waals surface area (Å²) in [5.74, 6) is -0.369. The van der Waals surface area contributed by atoms with Gasteiger partial charge in [-0.1, -0.05) is 36.4 Å². The number of rotatable bonds is 7. The van der Waals surface area contributed by atoms with Crippen LogP contribution in [-0.4, -0.2) is 32.2 Å². The second-order valence-corrected chi connectivity index (χ2v) is 8.57. The maximum atomic E-state index is 12.9. The van der Waals surface area contributed by atoms with Gasteiger partial charge >= 0.3 is 0 Å². The Labute approximate surface area is 185 Å². The first-order valence-electron chi connectivity index (χ1n) is 9.91. The molecule has 1 atom stereocenters. The summed E-state index contributed by atoms with van der Waals surface area (Å²) in [6.07, 6.45) is 0. The van der Waals surface area contributed by atoms with E-state index in [1.165, 1.54) is 16.4 Å². The number of benzene rings is 2. The number of carbonyl (C=O) groups is 2. The molecule has 0 aliphatic rings. The molecule has 2 aromatic carbocycles. The van der Waals surface area contributed by atoms with Gasteiger partial charge in [0.2, 0.25) is 11.8 Å². The lowest BCUT2D eigenvalue weighted by molar-refractivity contribution is -0.115. The van der Waals surface area contributed by atoms with Crippen molar-refractivity contribution in [1.29, 1.82) is 0 Å². The van der Waals surface area contributed by atoms with Crippen LogP contribution in [0.1, 0.15) is 18.2 Å². The van der Waals surface area contributed by atoms with E-state index in [2.05, 4.69) is 10.6 Å². The third-order valence-corrected chi connectivity index (χ3v) is 6.20. The van der Waals surface area contributed by atoms with Crippen molar-refractivity contribution in [2.45, 2.75) is 26.0 Å². The molecule has 0 fully saturated rings. The second kappa shape index (κ2) is 9.70. The fourth-order valence-corrected chi connectivity index (χ4v) is 3.80. The normalized spacial score (nSPS) is 11.7. The standard InChI is InChI=1S/C23H26N4O3S/c1-15-10-8-9-13-19(15)24-20(28)14-31-17(3)22(29)25-21-16(2)26(4)27(23(21)30)18-11-6-5-7-12-18/h5-13,17H,14H2,1-4H3,(H,24,28)(H,25,29). The fourth-order valence-electron chi connectivity index (χ4n) is 3.11. The van der Waals surface area contributed by atoms with Crippen LogP contribution in [0.15, 0.2) is 59.4 Å². The molecule has 3 rings (SSSR count). The molecular weight excluding hydrogens is 412 g/mol. The maximum Gasteiger partial charge on any atom is 0.295 e. The van der Waals surface area contributed by atoms with Gasteiger partial charge in [0, 0.05) is 12.7 Å². The lowest BCUT2D eigenvalue weighted by Crippen LogP contribution is -2.28. The SMILES string of the molecule is Cc1ccccc1NC(=O)CSC(C)C(=O)Nc1c(C)n(C)n(-c2ccccc2)c1=O. The van der Waals surface area contributed by atoms with Crippen molar-refractivity contribution in [3.8, 4) is 5.69 Å². The van der Waals surface area contributed by atoms with Crippen molar-refractivity contribution in [1.82, 2.24) is 9.36 Å². The molecule has 7 nitrogen and oxygen atoms in total. The van der Waals surface area contributed by atoms with Crippen LogP contribution in [0.5, 0.6) is 0 Å². The van der Waals surface area contributed by atoms with Crippen LogP contribution in [0, 0.1) is 13.8 Å². The van der Waals surface area contributed by atoms with E-state index in [4.69, 9.17) is 0 Å². The Morgan fingerprint density at radius 1 is 1.00 bits per heavy atom. The molecule has 2 amide bonds. The lowest BCUT2D eigenvalue weighted by atomic mass is 10.2. The molecule has 1 aromatic heterocycles. The van der Waals surface area contributed by atoms with E-state index in [9.17, 15) is 14.4 Å². The lowest BCUT2D eigenvalue weighted by Gasteiger charge is -2.12. The van der Waals surface area contributed by atoms with E-state index < -0.39 is 5.25 Å². The minimum atomic E-state index is -0.508. The Kier molecular flexibility index (Phi) is 7.02. The van der Waals surface area contributed by atoms with Gasteiger partial charge in [0.25, 0.3) is 5.56 Å². The highest BCUT2D eigenvalue weighted by atomic mass is 32.2. The number of thioether (sulfide) groups is 1. The van der Waals surface area contributed by atoms with Gasteiger partial charge in [0.1, 0.15) is 5.69 Å². The van der Waals surface area contributed by atoms with E-state index >= 15 is 0 Å². The topological polar surface area (TPSA) is 85.1 Å². The first-order chi connectivity index (χ1) is 14.8. The molecular formula is C23H26N4O3S. The number of anilines is 2.